The molecule has 1 fully saturated rings. The van der Waals surface area contributed by atoms with E-state index in [4.69, 9.17) is 4.42 Å². The highest BCUT2D eigenvalue weighted by molar-refractivity contribution is 5.17. The molecule has 90 valence electrons. The fourth-order valence-electron chi connectivity index (χ4n) is 1.77. The van der Waals surface area contributed by atoms with Gasteiger partial charge >= 0.3 is 6.01 Å². The number of aromatic nitrogens is 2. The molecular formula is C11H20N4O. The molecule has 1 aromatic heterocycles. The summed E-state index contributed by atoms with van der Waals surface area (Å²) in [6.07, 6.45) is 5.37. The lowest BCUT2D eigenvalue weighted by molar-refractivity contribution is 0.302. The van der Waals surface area contributed by atoms with Crippen LogP contribution in [0.5, 0.6) is 0 Å². The van der Waals surface area contributed by atoms with Gasteiger partial charge in [0.05, 0.1) is 6.04 Å². The highest BCUT2D eigenvalue weighted by Gasteiger charge is 2.17. The monoisotopic (exact) mass is 224 g/mol. The number of anilines is 1. The van der Waals surface area contributed by atoms with Gasteiger partial charge in [-0.3, -0.25) is 0 Å². The minimum absolute atomic E-state index is 0.106. The van der Waals surface area contributed by atoms with Crippen LogP contribution >= 0.6 is 0 Å². The second-order valence-corrected chi connectivity index (χ2v) is 4.47. The fourth-order valence-corrected chi connectivity index (χ4v) is 1.77. The third kappa shape index (κ3) is 2.72. The normalized spacial score (nSPS) is 18.1. The van der Waals surface area contributed by atoms with Gasteiger partial charge in [0.1, 0.15) is 0 Å². The highest BCUT2D eigenvalue weighted by atomic mass is 16.4. The van der Waals surface area contributed by atoms with Gasteiger partial charge in [-0.1, -0.05) is 24.4 Å². The summed E-state index contributed by atoms with van der Waals surface area (Å²) in [5.41, 5.74) is 0. The Bertz CT molecular complexity index is 322. The number of hydrogen-bond acceptors (Lipinski definition) is 5. The van der Waals surface area contributed by atoms with Gasteiger partial charge in [-0.2, -0.15) is 0 Å². The number of hydrogen-bond donors (Lipinski definition) is 2. The first-order valence-corrected chi connectivity index (χ1v) is 6.04. The van der Waals surface area contributed by atoms with Crippen LogP contribution in [0.15, 0.2) is 4.42 Å². The van der Waals surface area contributed by atoms with E-state index in [0.717, 1.165) is 12.5 Å². The van der Waals surface area contributed by atoms with E-state index in [0.29, 0.717) is 11.9 Å². The molecule has 1 heterocycles. The van der Waals surface area contributed by atoms with Gasteiger partial charge in [-0.05, 0) is 26.3 Å². The van der Waals surface area contributed by atoms with E-state index in [1.807, 2.05) is 14.0 Å². The van der Waals surface area contributed by atoms with Gasteiger partial charge in [0.2, 0.25) is 5.89 Å². The molecule has 16 heavy (non-hydrogen) atoms. The molecule has 5 heteroatoms. The zero-order valence-corrected chi connectivity index (χ0v) is 9.99. The first-order valence-electron chi connectivity index (χ1n) is 6.04. The minimum Gasteiger partial charge on any atom is -0.406 e. The Kier molecular flexibility index (Phi) is 3.77. The van der Waals surface area contributed by atoms with Crippen LogP contribution in [-0.4, -0.2) is 23.8 Å². The molecule has 1 aromatic rings. The van der Waals surface area contributed by atoms with Crippen molar-refractivity contribution in [2.24, 2.45) is 5.92 Å². The van der Waals surface area contributed by atoms with Crippen molar-refractivity contribution in [3.8, 4) is 0 Å². The van der Waals surface area contributed by atoms with Gasteiger partial charge < -0.3 is 15.1 Å². The summed E-state index contributed by atoms with van der Waals surface area (Å²) in [6.45, 7) is 2.92. The van der Waals surface area contributed by atoms with Crippen molar-refractivity contribution in [1.29, 1.82) is 0 Å². The molecule has 0 bridgehead atoms. The predicted molar refractivity (Wildman–Crippen MR) is 62.2 cm³/mol. The van der Waals surface area contributed by atoms with Crippen LogP contribution in [0.4, 0.5) is 6.01 Å². The van der Waals surface area contributed by atoms with E-state index >= 15 is 0 Å². The van der Waals surface area contributed by atoms with Crippen molar-refractivity contribution < 1.29 is 4.42 Å². The Balaban J connectivity index is 1.73. The molecule has 0 spiro atoms. The summed E-state index contributed by atoms with van der Waals surface area (Å²) in [7, 11) is 1.87. The van der Waals surface area contributed by atoms with Crippen LogP contribution in [0.25, 0.3) is 0 Å². The van der Waals surface area contributed by atoms with E-state index in [1.54, 1.807) is 0 Å². The summed E-state index contributed by atoms with van der Waals surface area (Å²) in [5, 5.41) is 14.2. The predicted octanol–water partition coefficient (Wildman–Crippen LogP) is 1.95. The number of nitrogens with zero attached hydrogens (tertiary/aromatic N) is 2. The zero-order valence-electron chi connectivity index (χ0n) is 9.99. The third-order valence-electron chi connectivity index (χ3n) is 3.30. The lowest BCUT2D eigenvalue weighted by Crippen LogP contribution is -2.15. The molecule has 5 nitrogen and oxygen atoms in total. The van der Waals surface area contributed by atoms with Crippen molar-refractivity contribution in [3.05, 3.63) is 5.89 Å². The summed E-state index contributed by atoms with van der Waals surface area (Å²) in [6, 6.07) is 0.645. The highest BCUT2D eigenvalue weighted by Crippen LogP contribution is 2.29. The Morgan fingerprint density at radius 3 is 2.88 bits per heavy atom. The minimum atomic E-state index is 0.106. The van der Waals surface area contributed by atoms with E-state index in [1.165, 1.54) is 25.7 Å². The molecule has 0 aromatic carbocycles. The number of rotatable bonds is 6. The average Bonchev–Trinajstić information content (AvgIpc) is 2.69. The van der Waals surface area contributed by atoms with Crippen molar-refractivity contribution in [2.45, 2.75) is 38.6 Å². The standard InChI is InChI=1S/C11H20N4O/c1-8(12-2)10-14-15-11(16-10)13-7-6-9-4-3-5-9/h8-9,12H,3-7H2,1-2H3,(H,13,15). The van der Waals surface area contributed by atoms with Gasteiger partial charge in [0.25, 0.3) is 0 Å². The SMILES string of the molecule is CNC(C)c1nnc(NCCC2CCC2)o1. The van der Waals surface area contributed by atoms with Crippen LogP contribution < -0.4 is 10.6 Å². The van der Waals surface area contributed by atoms with Crippen LogP contribution in [-0.2, 0) is 0 Å². The molecule has 1 saturated carbocycles. The molecule has 0 amide bonds. The number of nitrogens with one attached hydrogen (secondary N) is 2. The van der Waals surface area contributed by atoms with Crippen LogP contribution in [0.2, 0.25) is 0 Å². The fraction of sp³-hybridized carbons (Fsp3) is 0.818. The van der Waals surface area contributed by atoms with Crippen LogP contribution in [0, 0.1) is 5.92 Å². The molecule has 0 radical (unpaired) electrons. The van der Waals surface area contributed by atoms with Gasteiger partial charge in [0, 0.05) is 6.54 Å². The van der Waals surface area contributed by atoms with Crippen molar-refractivity contribution in [2.75, 3.05) is 18.9 Å². The molecule has 2 rings (SSSR count). The smallest absolute Gasteiger partial charge is 0.315 e. The summed E-state index contributed by atoms with van der Waals surface area (Å²) < 4.78 is 5.47. The summed E-state index contributed by atoms with van der Waals surface area (Å²) in [5.74, 6) is 1.54. The second kappa shape index (κ2) is 5.30. The quantitative estimate of drug-likeness (QED) is 0.773. The average molecular weight is 224 g/mol. The first kappa shape index (κ1) is 11.4. The van der Waals surface area contributed by atoms with E-state index in [2.05, 4.69) is 20.8 Å². The molecule has 1 aliphatic rings. The molecule has 1 aliphatic carbocycles. The topological polar surface area (TPSA) is 63.0 Å². The van der Waals surface area contributed by atoms with Crippen LogP contribution in [0.1, 0.15) is 44.5 Å². The second-order valence-electron chi connectivity index (χ2n) is 4.47. The first-order chi connectivity index (χ1) is 7.79. The molecule has 1 unspecified atom stereocenters. The Morgan fingerprint density at radius 2 is 2.25 bits per heavy atom. The molecule has 0 aliphatic heterocycles. The largest absolute Gasteiger partial charge is 0.406 e. The van der Waals surface area contributed by atoms with Crippen molar-refractivity contribution >= 4 is 6.01 Å². The molecule has 1 atom stereocenters. The van der Waals surface area contributed by atoms with Gasteiger partial charge in [0.15, 0.2) is 0 Å². The summed E-state index contributed by atoms with van der Waals surface area (Å²) in [4.78, 5) is 0. The van der Waals surface area contributed by atoms with Crippen molar-refractivity contribution in [1.82, 2.24) is 15.5 Å². The summed E-state index contributed by atoms with van der Waals surface area (Å²) >= 11 is 0. The van der Waals surface area contributed by atoms with Gasteiger partial charge in [-0.25, -0.2) is 0 Å². The molecular weight excluding hydrogens is 204 g/mol. The van der Waals surface area contributed by atoms with E-state index in [9.17, 15) is 0 Å². The Hall–Kier alpha value is -1.10. The van der Waals surface area contributed by atoms with E-state index in [-0.39, 0.29) is 6.04 Å². The zero-order chi connectivity index (χ0) is 11.4. The Morgan fingerprint density at radius 1 is 1.44 bits per heavy atom. The van der Waals surface area contributed by atoms with Crippen LogP contribution in [0.3, 0.4) is 0 Å². The van der Waals surface area contributed by atoms with E-state index < -0.39 is 0 Å². The third-order valence-corrected chi connectivity index (χ3v) is 3.30. The Labute approximate surface area is 96.0 Å². The lowest BCUT2D eigenvalue weighted by atomic mass is 9.83. The maximum atomic E-state index is 5.47. The van der Waals surface area contributed by atoms with Crippen molar-refractivity contribution in [3.63, 3.8) is 0 Å². The van der Waals surface area contributed by atoms with Gasteiger partial charge in [-0.15, -0.1) is 5.10 Å². The molecule has 2 N–H and O–H groups in total. The maximum Gasteiger partial charge on any atom is 0.315 e. The maximum absolute atomic E-state index is 5.47. The molecule has 0 saturated heterocycles. The lowest BCUT2D eigenvalue weighted by Gasteiger charge is -2.24.